The van der Waals surface area contributed by atoms with Crippen LogP contribution < -0.4 is 0 Å². The normalized spacial score (nSPS) is 22.6. The third-order valence-electron chi connectivity index (χ3n) is 4.76. The minimum absolute atomic E-state index is 0.0229. The summed E-state index contributed by atoms with van der Waals surface area (Å²) in [5.41, 5.74) is 2.01. The standard InChI is InChI=1S/C20H28F2O/c1-3-5-17-8-10-18(11-9-17)14-20(21,22)23-15-19-12-6-16(4-2)7-13-19/h3,5-7,12-13,17-18H,4,8-11,14-15H2,1-2H3/t17-,18-. The highest BCUT2D eigenvalue weighted by Crippen LogP contribution is 2.37. The van der Waals surface area contributed by atoms with Gasteiger partial charge in [-0.2, -0.15) is 8.78 Å². The number of aryl methyl sites for hydroxylation is 1. The fourth-order valence-electron chi connectivity index (χ4n) is 3.31. The van der Waals surface area contributed by atoms with Crippen molar-refractivity contribution in [1.82, 2.24) is 0 Å². The van der Waals surface area contributed by atoms with Crippen molar-refractivity contribution in [2.45, 2.75) is 65.1 Å². The second-order valence-corrected chi connectivity index (χ2v) is 6.61. The van der Waals surface area contributed by atoms with Gasteiger partial charge in [-0.3, -0.25) is 0 Å². The summed E-state index contributed by atoms with van der Waals surface area (Å²) in [6.45, 7) is 4.07. The van der Waals surface area contributed by atoms with Crippen molar-refractivity contribution >= 4 is 0 Å². The SMILES string of the molecule is CC=C[C@H]1CC[C@H](CC(F)(F)OCc2ccc(CC)cc2)CC1. The first-order chi connectivity index (χ1) is 11.0. The topological polar surface area (TPSA) is 9.23 Å². The molecule has 3 heteroatoms. The molecular weight excluding hydrogens is 294 g/mol. The molecule has 1 saturated carbocycles. The molecule has 0 spiro atoms. The highest BCUT2D eigenvalue weighted by molar-refractivity contribution is 5.21. The Morgan fingerprint density at radius 3 is 2.26 bits per heavy atom. The minimum Gasteiger partial charge on any atom is -0.316 e. The van der Waals surface area contributed by atoms with Gasteiger partial charge in [-0.1, -0.05) is 43.3 Å². The molecule has 1 aliphatic rings. The third kappa shape index (κ3) is 6.06. The number of benzene rings is 1. The Balaban J connectivity index is 1.77. The quantitative estimate of drug-likeness (QED) is 0.549. The molecule has 0 atom stereocenters. The maximum atomic E-state index is 14.0. The lowest BCUT2D eigenvalue weighted by molar-refractivity contribution is -0.256. The van der Waals surface area contributed by atoms with Gasteiger partial charge in [0.15, 0.2) is 0 Å². The largest absolute Gasteiger partial charge is 0.356 e. The van der Waals surface area contributed by atoms with Gasteiger partial charge in [-0.15, -0.1) is 0 Å². The maximum Gasteiger partial charge on any atom is 0.356 e. The first kappa shape index (κ1) is 18.1. The third-order valence-corrected chi connectivity index (χ3v) is 4.76. The molecule has 0 aliphatic heterocycles. The van der Waals surface area contributed by atoms with Crippen molar-refractivity contribution in [3.05, 3.63) is 47.5 Å². The molecule has 1 fully saturated rings. The summed E-state index contributed by atoms with van der Waals surface area (Å²) in [5, 5.41) is 0. The van der Waals surface area contributed by atoms with E-state index in [0.29, 0.717) is 5.92 Å². The van der Waals surface area contributed by atoms with Gasteiger partial charge in [-0.25, -0.2) is 0 Å². The van der Waals surface area contributed by atoms with Gasteiger partial charge < -0.3 is 4.74 Å². The lowest BCUT2D eigenvalue weighted by atomic mass is 9.80. The highest BCUT2D eigenvalue weighted by atomic mass is 19.3. The molecule has 0 N–H and O–H groups in total. The summed E-state index contributed by atoms with van der Waals surface area (Å²) in [6, 6.07) is 7.69. The van der Waals surface area contributed by atoms with Crippen LogP contribution in [0.1, 0.15) is 57.1 Å². The van der Waals surface area contributed by atoms with E-state index in [0.717, 1.165) is 37.7 Å². The molecule has 0 heterocycles. The Bertz CT molecular complexity index is 485. The van der Waals surface area contributed by atoms with Gasteiger partial charge in [0, 0.05) is 6.42 Å². The second-order valence-electron chi connectivity index (χ2n) is 6.61. The van der Waals surface area contributed by atoms with Crippen LogP contribution in [0.4, 0.5) is 8.78 Å². The van der Waals surface area contributed by atoms with E-state index in [-0.39, 0.29) is 18.9 Å². The molecule has 128 valence electrons. The Labute approximate surface area is 138 Å². The minimum atomic E-state index is -3.03. The summed E-state index contributed by atoms with van der Waals surface area (Å²) < 4.78 is 33.0. The lowest BCUT2D eigenvalue weighted by Gasteiger charge is -2.29. The number of ether oxygens (including phenoxy) is 1. The van der Waals surface area contributed by atoms with Gasteiger partial charge >= 0.3 is 6.11 Å². The molecule has 0 unspecified atom stereocenters. The van der Waals surface area contributed by atoms with E-state index >= 15 is 0 Å². The van der Waals surface area contributed by atoms with Crippen LogP contribution in [-0.2, 0) is 17.8 Å². The second kappa shape index (κ2) is 8.58. The predicted octanol–water partition coefficient (Wildman–Crippen LogP) is 6.13. The Morgan fingerprint density at radius 1 is 1.09 bits per heavy atom. The maximum absolute atomic E-state index is 14.0. The summed E-state index contributed by atoms with van der Waals surface area (Å²) in [6.07, 6.45) is 5.82. The van der Waals surface area contributed by atoms with Crippen molar-refractivity contribution in [2.75, 3.05) is 0 Å². The van der Waals surface area contributed by atoms with E-state index < -0.39 is 6.11 Å². The number of halogens is 2. The molecule has 1 nitrogen and oxygen atoms in total. The molecule has 1 aromatic rings. The van der Waals surface area contributed by atoms with Crippen LogP contribution in [-0.4, -0.2) is 6.11 Å². The van der Waals surface area contributed by atoms with Crippen LogP contribution in [0, 0.1) is 11.8 Å². The van der Waals surface area contributed by atoms with E-state index in [4.69, 9.17) is 4.74 Å². The number of hydrogen-bond acceptors (Lipinski definition) is 1. The molecule has 0 radical (unpaired) electrons. The van der Waals surface area contributed by atoms with Crippen molar-refractivity contribution in [3.8, 4) is 0 Å². The Kier molecular flexibility index (Phi) is 6.76. The average Bonchev–Trinajstić information content (AvgIpc) is 2.55. The molecule has 23 heavy (non-hydrogen) atoms. The lowest BCUT2D eigenvalue weighted by Crippen LogP contribution is -2.26. The zero-order chi connectivity index (χ0) is 16.7. The van der Waals surface area contributed by atoms with Crippen LogP contribution in [0.5, 0.6) is 0 Å². The molecule has 1 aliphatic carbocycles. The van der Waals surface area contributed by atoms with Crippen LogP contribution in [0.25, 0.3) is 0 Å². The van der Waals surface area contributed by atoms with Crippen LogP contribution in [0.3, 0.4) is 0 Å². The predicted molar refractivity (Wildman–Crippen MR) is 90.4 cm³/mol. The molecular formula is C20H28F2O. The van der Waals surface area contributed by atoms with Crippen molar-refractivity contribution in [1.29, 1.82) is 0 Å². The number of hydrogen-bond donors (Lipinski definition) is 0. The Morgan fingerprint density at radius 2 is 1.70 bits per heavy atom. The highest BCUT2D eigenvalue weighted by Gasteiger charge is 2.35. The van der Waals surface area contributed by atoms with Crippen LogP contribution in [0.2, 0.25) is 0 Å². The zero-order valence-electron chi connectivity index (χ0n) is 14.2. The molecule has 0 saturated heterocycles. The zero-order valence-corrected chi connectivity index (χ0v) is 14.2. The Hall–Kier alpha value is -1.22. The molecule has 0 amide bonds. The van der Waals surface area contributed by atoms with E-state index in [9.17, 15) is 8.78 Å². The summed E-state index contributed by atoms with van der Waals surface area (Å²) in [5.74, 6) is 0.650. The number of allylic oxidation sites excluding steroid dienone is 2. The first-order valence-electron chi connectivity index (χ1n) is 8.75. The van der Waals surface area contributed by atoms with Gasteiger partial charge in [-0.05, 0) is 62.0 Å². The van der Waals surface area contributed by atoms with Gasteiger partial charge in [0.1, 0.15) is 0 Å². The smallest absolute Gasteiger partial charge is 0.316 e. The summed E-state index contributed by atoms with van der Waals surface area (Å²) in [4.78, 5) is 0. The summed E-state index contributed by atoms with van der Waals surface area (Å²) in [7, 11) is 0. The van der Waals surface area contributed by atoms with Crippen molar-refractivity contribution in [3.63, 3.8) is 0 Å². The van der Waals surface area contributed by atoms with Gasteiger partial charge in [0.2, 0.25) is 0 Å². The fourth-order valence-corrected chi connectivity index (χ4v) is 3.31. The number of rotatable bonds is 7. The van der Waals surface area contributed by atoms with Crippen LogP contribution in [0.15, 0.2) is 36.4 Å². The van der Waals surface area contributed by atoms with E-state index in [1.54, 1.807) is 0 Å². The van der Waals surface area contributed by atoms with E-state index in [2.05, 4.69) is 19.1 Å². The van der Waals surface area contributed by atoms with Crippen LogP contribution >= 0.6 is 0 Å². The summed E-state index contributed by atoms with van der Waals surface area (Å²) >= 11 is 0. The fraction of sp³-hybridized carbons (Fsp3) is 0.600. The van der Waals surface area contributed by atoms with E-state index in [1.807, 2.05) is 31.2 Å². The average molecular weight is 322 g/mol. The molecule has 2 rings (SSSR count). The van der Waals surface area contributed by atoms with Gasteiger partial charge in [0.05, 0.1) is 6.61 Å². The number of alkyl halides is 2. The van der Waals surface area contributed by atoms with Gasteiger partial charge in [0.25, 0.3) is 0 Å². The first-order valence-corrected chi connectivity index (χ1v) is 8.75. The monoisotopic (exact) mass is 322 g/mol. The molecule has 0 aromatic heterocycles. The van der Waals surface area contributed by atoms with Crippen molar-refractivity contribution < 1.29 is 13.5 Å². The van der Waals surface area contributed by atoms with E-state index in [1.165, 1.54) is 5.56 Å². The molecule has 1 aromatic carbocycles. The van der Waals surface area contributed by atoms with Crippen molar-refractivity contribution in [2.24, 2.45) is 11.8 Å². The molecule has 0 bridgehead atoms.